The summed E-state index contributed by atoms with van der Waals surface area (Å²) in [6, 6.07) is 1.15. The lowest BCUT2D eigenvalue weighted by Crippen LogP contribution is -2.37. The van der Waals surface area contributed by atoms with Gasteiger partial charge in [-0.15, -0.1) is 0 Å². The van der Waals surface area contributed by atoms with E-state index in [0.717, 1.165) is 12.5 Å². The number of hydrogen-bond donors (Lipinski definition) is 1. The molecule has 2 fully saturated rings. The van der Waals surface area contributed by atoms with E-state index >= 15 is 0 Å². The van der Waals surface area contributed by atoms with Crippen molar-refractivity contribution in [2.45, 2.75) is 64.6 Å². The Hall–Kier alpha value is -0.870. The number of piperidine rings is 2. The quantitative estimate of drug-likeness (QED) is 0.925. The number of rotatable bonds is 4. The summed E-state index contributed by atoms with van der Waals surface area (Å²) in [7, 11) is 0. The van der Waals surface area contributed by atoms with Crippen LogP contribution in [-0.2, 0) is 6.54 Å². The van der Waals surface area contributed by atoms with Crippen LogP contribution in [0.15, 0.2) is 12.5 Å². The van der Waals surface area contributed by atoms with E-state index < -0.39 is 0 Å². The van der Waals surface area contributed by atoms with Gasteiger partial charge >= 0.3 is 0 Å². The highest BCUT2D eigenvalue weighted by Crippen LogP contribution is 2.27. The molecule has 0 amide bonds. The molecule has 0 spiro atoms. The largest absolute Gasteiger partial charge is 0.333 e. The molecule has 0 bridgehead atoms. The minimum Gasteiger partial charge on any atom is -0.333 e. The van der Waals surface area contributed by atoms with Crippen LogP contribution < -0.4 is 5.32 Å². The van der Waals surface area contributed by atoms with E-state index in [1.807, 2.05) is 6.33 Å². The first-order valence-corrected chi connectivity index (χ1v) is 8.74. The first-order chi connectivity index (χ1) is 10.3. The molecule has 0 aromatic carbocycles. The summed E-state index contributed by atoms with van der Waals surface area (Å²) < 4.78 is 2.42. The molecule has 1 aromatic rings. The zero-order valence-corrected chi connectivity index (χ0v) is 13.6. The summed E-state index contributed by atoms with van der Waals surface area (Å²) in [4.78, 5) is 7.00. The summed E-state index contributed by atoms with van der Waals surface area (Å²) in [5.41, 5.74) is 1.40. The zero-order valence-electron chi connectivity index (χ0n) is 13.6. The lowest BCUT2D eigenvalue weighted by molar-refractivity contribution is 0.179. The summed E-state index contributed by atoms with van der Waals surface area (Å²) in [6.07, 6.45) is 10.7. The molecule has 2 atom stereocenters. The number of imidazole rings is 1. The normalized spacial score (nSPS) is 28.9. The Morgan fingerprint density at radius 2 is 2.05 bits per heavy atom. The molecule has 21 heavy (non-hydrogen) atoms. The molecule has 1 N–H and O–H groups in total. The van der Waals surface area contributed by atoms with E-state index in [1.54, 1.807) is 0 Å². The lowest BCUT2D eigenvalue weighted by Gasteiger charge is -2.33. The van der Waals surface area contributed by atoms with Crippen molar-refractivity contribution in [1.82, 2.24) is 19.8 Å². The fraction of sp³-hybridized carbons (Fsp3) is 0.824. The molecule has 3 heterocycles. The van der Waals surface area contributed by atoms with E-state index in [4.69, 9.17) is 0 Å². The Morgan fingerprint density at radius 1 is 1.24 bits per heavy atom. The highest BCUT2D eigenvalue weighted by Gasteiger charge is 2.24. The minimum atomic E-state index is 0.506. The maximum Gasteiger partial charge on any atom is 0.0948 e. The maximum absolute atomic E-state index is 4.43. The molecular formula is C17H30N4. The standard InChI is InChI=1S/C17H30N4/c1-3-20-9-7-15(8-10-20)12-21-13-18-11-17(21)16-6-4-5-14(2)19-16/h11,13-16,19H,3-10,12H2,1-2H3. The highest BCUT2D eigenvalue weighted by molar-refractivity contribution is 5.07. The third-order valence-corrected chi connectivity index (χ3v) is 5.33. The second-order valence-electron chi connectivity index (χ2n) is 6.90. The summed E-state index contributed by atoms with van der Waals surface area (Å²) in [6.45, 7) is 9.46. The van der Waals surface area contributed by atoms with Gasteiger partial charge in [-0.25, -0.2) is 4.98 Å². The van der Waals surface area contributed by atoms with Crippen LogP contribution in [0.3, 0.4) is 0 Å². The van der Waals surface area contributed by atoms with Gasteiger partial charge in [0.05, 0.1) is 12.0 Å². The van der Waals surface area contributed by atoms with Crippen LogP contribution in [0.5, 0.6) is 0 Å². The molecule has 1 aromatic heterocycles. The van der Waals surface area contributed by atoms with Gasteiger partial charge in [-0.05, 0) is 64.6 Å². The predicted molar refractivity (Wildman–Crippen MR) is 86.3 cm³/mol. The van der Waals surface area contributed by atoms with Crippen LogP contribution in [-0.4, -0.2) is 40.1 Å². The van der Waals surface area contributed by atoms with Crippen molar-refractivity contribution >= 4 is 0 Å². The van der Waals surface area contributed by atoms with Gasteiger partial charge in [-0.3, -0.25) is 0 Å². The van der Waals surface area contributed by atoms with Crippen molar-refractivity contribution in [2.75, 3.05) is 19.6 Å². The maximum atomic E-state index is 4.43. The monoisotopic (exact) mass is 290 g/mol. The lowest BCUT2D eigenvalue weighted by atomic mass is 9.95. The first kappa shape index (κ1) is 15.0. The van der Waals surface area contributed by atoms with Crippen molar-refractivity contribution in [3.63, 3.8) is 0 Å². The Balaban J connectivity index is 1.60. The van der Waals surface area contributed by atoms with Crippen LogP contribution in [0.4, 0.5) is 0 Å². The van der Waals surface area contributed by atoms with Crippen LogP contribution in [0.2, 0.25) is 0 Å². The summed E-state index contributed by atoms with van der Waals surface area (Å²) in [5.74, 6) is 0.821. The van der Waals surface area contributed by atoms with Crippen LogP contribution in [0.1, 0.15) is 57.7 Å². The fourth-order valence-corrected chi connectivity index (χ4v) is 3.91. The molecule has 0 saturated carbocycles. The molecule has 2 unspecified atom stereocenters. The van der Waals surface area contributed by atoms with E-state index in [2.05, 4.69) is 39.8 Å². The Bertz CT molecular complexity index is 434. The predicted octanol–water partition coefficient (Wildman–Crippen LogP) is 2.82. The Kier molecular flexibility index (Phi) is 4.96. The minimum absolute atomic E-state index is 0.506. The molecular weight excluding hydrogens is 260 g/mol. The topological polar surface area (TPSA) is 33.1 Å². The Labute approximate surface area is 128 Å². The number of nitrogens with one attached hydrogen (secondary N) is 1. The highest BCUT2D eigenvalue weighted by atomic mass is 15.1. The third-order valence-electron chi connectivity index (χ3n) is 5.33. The van der Waals surface area contributed by atoms with E-state index in [9.17, 15) is 0 Å². The second-order valence-corrected chi connectivity index (χ2v) is 6.90. The molecule has 2 saturated heterocycles. The van der Waals surface area contributed by atoms with Gasteiger partial charge in [-0.2, -0.15) is 0 Å². The van der Waals surface area contributed by atoms with E-state index in [0.29, 0.717) is 12.1 Å². The van der Waals surface area contributed by atoms with Crippen molar-refractivity contribution in [3.8, 4) is 0 Å². The van der Waals surface area contributed by atoms with Crippen molar-refractivity contribution in [2.24, 2.45) is 5.92 Å². The molecule has 0 aliphatic carbocycles. The number of hydrogen-bond acceptors (Lipinski definition) is 3. The number of aromatic nitrogens is 2. The van der Waals surface area contributed by atoms with Gasteiger partial charge in [0.2, 0.25) is 0 Å². The fourth-order valence-electron chi connectivity index (χ4n) is 3.91. The summed E-state index contributed by atoms with van der Waals surface area (Å²) >= 11 is 0. The van der Waals surface area contributed by atoms with Crippen LogP contribution in [0.25, 0.3) is 0 Å². The average molecular weight is 290 g/mol. The number of likely N-dealkylation sites (tertiary alicyclic amines) is 1. The summed E-state index contributed by atoms with van der Waals surface area (Å²) in [5, 5.41) is 3.74. The van der Waals surface area contributed by atoms with Crippen LogP contribution in [0, 0.1) is 5.92 Å². The Morgan fingerprint density at radius 3 is 2.76 bits per heavy atom. The molecule has 118 valence electrons. The van der Waals surface area contributed by atoms with Gasteiger partial charge in [0.15, 0.2) is 0 Å². The van der Waals surface area contributed by atoms with Crippen molar-refractivity contribution in [3.05, 3.63) is 18.2 Å². The van der Waals surface area contributed by atoms with Gasteiger partial charge < -0.3 is 14.8 Å². The van der Waals surface area contributed by atoms with Crippen molar-refractivity contribution in [1.29, 1.82) is 0 Å². The molecule has 2 aliphatic heterocycles. The zero-order chi connectivity index (χ0) is 14.7. The molecule has 2 aliphatic rings. The smallest absolute Gasteiger partial charge is 0.0948 e. The second kappa shape index (κ2) is 6.93. The molecule has 3 rings (SSSR count). The van der Waals surface area contributed by atoms with Gasteiger partial charge in [0, 0.05) is 24.8 Å². The van der Waals surface area contributed by atoms with Crippen LogP contribution >= 0.6 is 0 Å². The van der Waals surface area contributed by atoms with Gasteiger partial charge in [0.25, 0.3) is 0 Å². The van der Waals surface area contributed by atoms with Crippen molar-refractivity contribution < 1.29 is 0 Å². The van der Waals surface area contributed by atoms with Gasteiger partial charge in [-0.1, -0.05) is 6.92 Å². The van der Waals surface area contributed by atoms with E-state index in [-0.39, 0.29) is 0 Å². The van der Waals surface area contributed by atoms with Gasteiger partial charge in [0.1, 0.15) is 0 Å². The number of nitrogens with zero attached hydrogens (tertiary/aromatic N) is 3. The molecule has 4 nitrogen and oxygen atoms in total. The molecule has 4 heteroatoms. The third kappa shape index (κ3) is 3.67. The molecule has 0 radical (unpaired) electrons. The first-order valence-electron chi connectivity index (χ1n) is 8.74. The SMILES string of the molecule is CCN1CCC(Cn2cncc2C2CCCC(C)N2)CC1. The average Bonchev–Trinajstić information content (AvgIpc) is 2.96. The van der Waals surface area contributed by atoms with E-state index in [1.165, 1.54) is 57.4 Å².